The number of ether oxygens (including phenoxy) is 1. The van der Waals surface area contributed by atoms with Crippen LogP contribution < -0.4 is 9.64 Å². The molecular formula is C16H26N2O2. The number of hydrogen-bond acceptors (Lipinski definition) is 4. The summed E-state index contributed by atoms with van der Waals surface area (Å²) in [5, 5.41) is 9.50. The molecular weight excluding hydrogens is 252 g/mol. The number of anilines is 1. The van der Waals surface area contributed by atoms with Gasteiger partial charge in [0, 0.05) is 32.2 Å². The molecule has 2 atom stereocenters. The number of para-hydroxylation sites is 2. The highest BCUT2D eigenvalue weighted by Gasteiger charge is 2.23. The maximum absolute atomic E-state index is 9.50. The van der Waals surface area contributed by atoms with E-state index >= 15 is 0 Å². The first-order valence-electron chi connectivity index (χ1n) is 7.42. The summed E-state index contributed by atoms with van der Waals surface area (Å²) in [5.41, 5.74) is 1.18. The van der Waals surface area contributed by atoms with Gasteiger partial charge in [-0.1, -0.05) is 12.1 Å². The fourth-order valence-corrected chi connectivity index (χ4v) is 2.94. The van der Waals surface area contributed by atoms with Gasteiger partial charge in [-0.05, 0) is 32.4 Å². The zero-order valence-corrected chi connectivity index (χ0v) is 12.7. The van der Waals surface area contributed by atoms with Crippen LogP contribution in [0, 0.1) is 0 Å². The second kappa shape index (κ2) is 6.95. The van der Waals surface area contributed by atoms with Gasteiger partial charge in [0.05, 0.1) is 18.9 Å². The summed E-state index contributed by atoms with van der Waals surface area (Å²) >= 11 is 0. The van der Waals surface area contributed by atoms with Crippen molar-refractivity contribution in [1.82, 2.24) is 4.90 Å². The van der Waals surface area contributed by atoms with E-state index in [4.69, 9.17) is 4.74 Å². The van der Waals surface area contributed by atoms with Gasteiger partial charge < -0.3 is 14.7 Å². The van der Waals surface area contributed by atoms with E-state index in [1.807, 2.05) is 19.1 Å². The number of methoxy groups -OCH3 is 1. The molecule has 1 aliphatic rings. The number of rotatable bonds is 5. The first-order chi connectivity index (χ1) is 9.61. The van der Waals surface area contributed by atoms with Gasteiger partial charge in [0.1, 0.15) is 5.75 Å². The first-order valence-corrected chi connectivity index (χ1v) is 7.42. The number of piperazine rings is 1. The Hall–Kier alpha value is -1.26. The van der Waals surface area contributed by atoms with Gasteiger partial charge in [0.15, 0.2) is 0 Å². The van der Waals surface area contributed by atoms with Crippen molar-refractivity contribution in [2.24, 2.45) is 0 Å². The van der Waals surface area contributed by atoms with E-state index in [0.29, 0.717) is 6.04 Å². The van der Waals surface area contributed by atoms with E-state index in [2.05, 4.69) is 28.9 Å². The summed E-state index contributed by atoms with van der Waals surface area (Å²) in [6.07, 6.45) is 0.617. The van der Waals surface area contributed by atoms with Crippen molar-refractivity contribution < 1.29 is 9.84 Å². The van der Waals surface area contributed by atoms with Crippen LogP contribution in [-0.2, 0) is 0 Å². The molecule has 1 fully saturated rings. The van der Waals surface area contributed by atoms with Gasteiger partial charge in [0.25, 0.3) is 0 Å². The molecule has 0 amide bonds. The third-order valence-electron chi connectivity index (χ3n) is 4.05. The van der Waals surface area contributed by atoms with Gasteiger partial charge in [-0.15, -0.1) is 0 Å². The molecule has 0 radical (unpaired) electrons. The molecule has 1 aromatic carbocycles. The van der Waals surface area contributed by atoms with Crippen molar-refractivity contribution in [3.8, 4) is 5.75 Å². The van der Waals surface area contributed by atoms with Crippen LogP contribution in [0.15, 0.2) is 24.3 Å². The molecule has 0 bridgehead atoms. The van der Waals surface area contributed by atoms with Gasteiger partial charge in [-0.2, -0.15) is 0 Å². The van der Waals surface area contributed by atoms with E-state index in [1.54, 1.807) is 7.11 Å². The lowest BCUT2D eigenvalue weighted by Crippen LogP contribution is -2.50. The molecule has 1 heterocycles. The quantitative estimate of drug-likeness (QED) is 0.893. The molecule has 1 saturated heterocycles. The second-order valence-corrected chi connectivity index (χ2v) is 5.63. The Morgan fingerprint density at radius 1 is 1.15 bits per heavy atom. The first kappa shape index (κ1) is 15.1. The molecule has 0 aromatic heterocycles. The molecule has 20 heavy (non-hydrogen) atoms. The monoisotopic (exact) mass is 278 g/mol. The summed E-state index contributed by atoms with van der Waals surface area (Å²) < 4.78 is 5.44. The Balaban J connectivity index is 1.94. The van der Waals surface area contributed by atoms with Crippen LogP contribution in [0.4, 0.5) is 5.69 Å². The highest BCUT2D eigenvalue weighted by Crippen LogP contribution is 2.28. The van der Waals surface area contributed by atoms with E-state index in [9.17, 15) is 5.11 Å². The van der Waals surface area contributed by atoms with Crippen LogP contribution in [0.25, 0.3) is 0 Å². The lowest BCUT2D eigenvalue weighted by molar-refractivity contribution is 0.116. The van der Waals surface area contributed by atoms with E-state index < -0.39 is 0 Å². The molecule has 0 spiro atoms. The third kappa shape index (κ3) is 3.64. The number of aliphatic hydroxyl groups excluding tert-OH is 1. The summed E-state index contributed by atoms with van der Waals surface area (Å²) in [4.78, 5) is 4.84. The topological polar surface area (TPSA) is 35.9 Å². The number of nitrogens with zero attached hydrogens (tertiary/aromatic N) is 2. The molecule has 1 N–H and O–H groups in total. The van der Waals surface area contributed by atoms with Crippen molar-refractivity contribution in [3.05, 3.63) is 24.3 Å². The molecule has 4 heteroatoms. The minimum Gasteiger partial charge on any atom is -0.495 e. The number of aliphatic hydroxyl groups is 1. The fraction of sp³-hybridized carbons (Fsp3) is 0.625. The predicted octanol–water partition coefficient (Wildman–Crippen LogP) is 1.98. The molecule has 0 aliphatic carbocycles. The average Bonchev–Trinajstić information content (AvgIpc) is 2.46. The van der Waals surface area contributed by atoms with Crippen molar-refractivity contribution in [2.45, 2.75) is 32.4 Å². The highest BCUT2D eigenvalue weighted by atomic mass is 16.5. The molecule has 2 rings (SSSR count). The highest BCUT2D eigenvalue weighted by molar-refractivity contribution is 5.58. The maximum Gasteiger partial charge on any atom is 0.142 e. The normalized spacial score (nSPS) is 19.7. The Labute approximate surface area is 122 Å². The van der Waals surface area contributed by atoms with Gasteiger partial charge in [0.2, 0.25) is 0 Å². The number of hydrogen-bond donors (Lipinski definition) is 1. The van der Waals surface area contributed by atoms with Gasteiger partial charge >= 0.3 is 0 Å². The van der Waals surface area contributed by atoms with Crippen molar-refractivity contribution in [1.29, 1.82) is 0 Å². The molecule has 2 unspecified atom stereocenters. The minimum atomic E-state index is -0.225. The van der Waals surface area contributed by atoms with Crippen LogP contribution >= 0.6 is 0 Å². The average molecular weight is 278 g/mol. The van der Waals surface area contributed by atoms with Gasteiger partial charge in [-0.3, -0.25) is 4.90 Å². The van der Waals surface area contributed by atoms with Crippen LogP contribution in [0.1, 0.15) is 20.3 Å². The predicted molar refractivity (Wildman–Crippen MR) is 82.5 cm³/mol. The molecule has 1 aromatic rings. The van der Waals surface area contributed by atoms with E-state index in [1.165, 1.54) is 5.69 Å². The van der Waals surface area contributed by atoms with Crippen molar-refractivity contribution >= 4 is 5.69 Å². The van der Waals surface area contributed by atoms with Crippen LogP contribution in [0.5, 0.6) is 5.75 Å². The molecule has 112 valence electrons. The molecule has 4 nitrogen and oxygen atoms in total. The van der Waals surface area contributed by atoms with Crippen LogP contribution in [0.2, 0.25) is 0 Å². The summed E-state index contributed by atoms with van der Waals surface area (Å²) in [7, 11) is 1.72. The van der Waals surface area contributed by atoms with Crippen molar-refractivity contribution in [2.75, 3.05) is 38.2 Å². The zero-order valence-electron chi connectivity index (χ0n) is 12.7. The summed E-state index contributed by atoms with van der Waals surface area (Å²) in [6.45, 7) is 8.14. The summed E-state index contributed by atoms with van der Waals surface area (Å²) in [6, 6.07) is 8.63. The fourth-order valence-electron chi connectivity index (χ4n) is 2.94. The van der Waals surface area contributed by atoms with Crippen LogP contribution in [-0.4, -0.2) is 55.4 Å². The third-order valence-corrected chi connectivity index (χ3v) is 4.05. The zero-order chi connectivity index (χ0) is 14.5. The second-order valence-electron chi connectivity index (χ2n) is 5.63. The van der Waals surface area contributed by atoms with Gasteiger partial charge in [-0.25, -0.2) is 0 Å². The Morgan fingerprint density at radius 3 is 2.40 bits per heavy atom. The Kier molecular flexibility index (Phi) is 5.26. The lowest BCUT2D eigenvalue weighted by atomic mass is 10.1. The SMILES string of the molecule is COc1ccccc1N1CCN(C(C)CC(C)O)CC1. The standard InChI is InChI=1S/C16H26N2O2/c1-13(12-14(2)19)17-8-10-18(11-9-17)15-6-4-5-7-16(15)20-3/h4-7,13-14,19H,8-12H2,1-3H3. The van der Waals surface area contributed by atoms with E-state index in [0.717, 1.165) is 38.3 Å². The van der Waals surface area contributed by atoms with E-state index in [-0.39, 0.29) is 6.10 Å². The largest absolute Gasteiger partial charge is 0.495 e. The minimum absolute atomic E-state index is 0.225. The van der Waals surface area contributed by atoms with Crippen LogP contribution in [0.3, 0.4) is 0 Å². The lowest BCUT2D eigenvalue weighted by Gasteiger charge is -2.39. The Morgan fingerprint density at radius 2 is 1.80 bits per heavy atom. The summed E-state index contributed by atoms with van der Waals surface area (Å²) in [5.74, 6) is 0.943. The maximum atomic E-state index is 9.50. The Bertz CT molecular complexity index is 415. The molecule has 1 aliphatic heterocycles. The molecule has 0 saturated carbocycles. The number of benzene rings is 1. The van der Waals surface area contributed by atoms with Crippen molar-refractivity contribution in [3.63, 3.8) is 0 Å². The smallest absolute Gasteiger partial charge is 0.142 e.